The van der Waals surface area contributed by atoms with Crippen molar-refractivity contribution in [3.63, 3.8) is 0 Å². The van der Waals surface area contributed by atoms with Crippen molar-refractivity contribution in [2.45, 2.75) is 55.2 Å². The quantitative estimate of drug-likeness (QED) is 0.627. The SMILES string of the molecule is NC(=O)c1c(NC(=O)C2CCCN2S(=O)(=O)c2ccc(Cl)s2)sc2c1CCCCC2. The third-order valence-electron chi connectivity index (χ3n) is 5.52. The number of amides is 2. The first kappa shape index (κ1) is 21.8. The fourth-order valence-electron chi connectivity index (χ4n) is 4.13. The van der Waals surface area contributed by atoms with Gasteiger partial charge < -0.3 is 11.1 Å². The molecular weight excluding hydrogens is 466 g/mol. The van der Waals surface area contributed by atoms with E-state index in [1.807, 2.05) is 0 Å². The van der Waals surface area contributed by atoms with Crippen LogP contribution in [0.4, 0.5) is 5.00 Å². The van der Waals surface area contributed by atoms with Crippen molar-refractivity contribution in [2.75, 3.05) is 11.9 Å². The van der Waals surface area contributed by atoms with Crippen LogP contribution in [0.25, 0.3) is 0 Å². The summed E-state index contributed by atoms with van der Waals surface area (Å²) >= 11 is 8.26. The number of primary amides is 1. The monoisotopic (exact) mass is 487 g/mol. The van der Waals surface area contributed by atoms with Crippen LogP contribution in [-0.2, 0) is 27.7 Å². The summed E-state index contributed by atoms with van der Waals surface area (Å²) < 4.78 is 27.8. The molecule has 0 spiro atoms. The molecule has 0 aromatic carbocycles. The van der Waals surface area contributed by atoms with Crippen LogP contribution >= 0.6 is 34.3 Å². The average Bonchev–Trinajstić information content (AvgIpc) is 3.38. The van der Waals surface area contributed by atoms with E-state index in [9.17, 15) is 18.0 Å². The zero-order valence-corrected chi connectivity index (χ0v) is 19.4. The maximum atomic E-state index is 13.1. The zero-order chi connectivity index (χ0) is 21.5. The summed E-state index contributed by atoms with van der Waals surface area (Å²) in [7, 11) is -3.82. The smallest absolute Gasteiger partial charge is 0.253 e. The van der Waals surface area contributed by atoms with Gasteiger partial charge in [0.25, 0.3) is 15.9 Å². The van der Waals surface area contributed by atoms with Gasteiger partial charge in [0.15, 0.2) is 0 Å². The van der Waals surface area contributed by atoms with E-state index < -0.39 is 27.9 Å². The number of carbonyl (C=O) groups is 2. The molecule has 1 aliphatic carbocycles. The number of rotatable bonds is 5. The first-order chi connectivity index (χ1) is 14.3. The van der Waals surface area contributed by atoms with Gasteiger partial charge in [0, 0.05) is 11.4 Å². The third kappa shape index (κ3) is 4.03. The number of anilines is 1. The number of thiophene rings is 2. The number of sulfonamides is 1. The molecule has 30 heavy (non-hydrogen) atoms. The molecule has 162 valence electrons. The lowest BCUT2D eigenvalue weighted by molar-refractivity contribution is -0.119. The Morgan fingerprint density at radius 1 is 1.13 bits per heavy atom. The van der Waals surface area contributed by atoms with Crippen molar-refractivity contribution in [3.8, 4) is 0 Å². The van der Waals surface area contributed by atoms with Gasteiger partial charge in [-0.25, -0.2) is 8.42 Å². The first-order valence-corrected chi connectivity index (χ1v) is 13.3. The molecule has 1 atom stereocenters. The highest BCUT2D eigenvalue weighted by molar-refractivity contribution is 7.91. The van der Waals surface area contributed by atoms with E-state index in [0.717, 1.165) is 53.9 Å². The summed E-state index contributed by atoms with van der Waals surface area (Å²) in [6, 6.07) is 2.15. The molecule has 0 bridgehead atoms. The number of hydrogen-bond acceptors (Lipinski definition) is 6. The summed E-state index contributed by atoms with van der Waals surface area (Å²) in [5, 5.41) is 3.25. The number of nitrogens with one attached hydrogen (secondary N) is 1. The second kappa shape index (κ2) is 8.58. The van der Waals surface area contributed by atoms with E-state index >= 15 is 0 Å². The Hall–Kier alpha value is -1.46. The first-order valence-electron chi connectivity index (χ1n) is 9.81. The van der Waals surface area contributed by atoms with Crippen LogP contribution in [0.1, 0.15) is 52.9 Å². The molecule has 11 heteroatoms. The molecule has 2 aliphatic rings. The van der Waals surface area contributed by atoms with Gasteiger partial charge >= 0.3 is 0 Å². The predicted octanol–water partition coefficient (Wildman–Crippen LogP) is 3.62. The van der Waals surface area contributed by atoms with Crippen molar-refractivity contribution < 1.29 is 18.0 Å². The largest absolute Gasteiger partial charge is 0.365 e. The molecule has 1 unspecified atom stereocenters. The van der Waals surface area contributed by atoms with Gasteiger partial charge in [-0.2, -0.15) is 4.31 Å². The fourth-order valence-corrected chi connectivity index (χ4v) is 8.69. The highest BCUT2D eigenvalue weighted by Crippen LogP contribution is 2.38. The number of hydrogen-bond donors (Lipinski definition) is 2. The van der Waals surface area contributed by atoms with E-state index in [1.54, 1.807) is 0 Å². The highest BCUT2D eigenvalue weighted by Gasteiger charge is 2.40. The number of nitrogens with two attached hydrogens (primary N) is 1. The Balaban J connectivity index is 1.60. The van der Waals surface area contributed by atoms with Crippen molar-refractivity contribution in [1.29, 1.82) is 0 Å². The molecule has 1 saturated heterocycles. The number of aryl methyl sites for hydroxylation is 1. The Labute approximate surface area is 188 Å². The second-order valence-corrected chi connectivity index (χ2v) is 12.4. The Morgan fingerprint density at radius 2 is 1.90 bits per heavy atom. The second-order valence-electron chi connectivity index (χ2n) is 7.45. The molecule has 4 rings (SSSR count). The Bertz CT molecular complexity index is 1090. The number of halogens is 1. The molecular formula is C19H22ClN3O4S3. The topological polar surface area (TPSA) is 110 Å². The minimum Gasteiger partial charge on any atom is -0.365 e. The van der Waals surface area contributed by atoms with Gasteiger partial charge in [-0.3, -0.25) is 9.59 Å². The van der Waals surface area contributed by atoms with Crippen LogP contribution in [-0.4, -0.2) is 37.1 Å². The predicted molar refractivity (Wildman–Crippen MR) is 119 cm³/mol. The molecule has 3 heterocycles. The van der Waals surface area contributed by atoms with E-state index in [-0.39, 0.29) is 10.8 Å². The van der Waals surface area contributed by atoms with Crippen molar-refractivity contribution in [2.24, 2.45) is 5.73 Å². The normalized spacial score (nSPS) is 20.0. The van der Waals surface area contributed by atoms with Crippen LogP contribution in [0, 0.1) is 0 Å². The maximum absolute atomic E-state index is 13.1. The summed E-state index contributed by atoms with van der Waals surface area (Å²) in [6.45, 7) is 0.263. The van der Waals surface area contributed by atoms with Crippen LogP contribution < -0.4 is 11.1 Å². The van der Waals surface area contributed by atoms with E-state index in [2.05, 4.69) is 5.32 Å². The van der Waals surface area contributed by atoms with Crippen LogP contribution in [0.5, 0.6) is 0 Å². The van der Waals surface area contributed by atoms with Gasteiger partial charge in [-0.1, -0.05) is 18.0 Å². The van der Waals surface area contributed by atoms with Crippen LogP contribution in [0.2, 0.25) is 4.34 Å². The zero-order valence-electron chi connectivity index (χ0n) is 16.1. The van der Waals surface area contributed by atoms with E-state index in [1.165, 1.54) is 27.8 Å². The molecule has 0 radical (unpaired) electrons. The molecule has 3 N–H and O–H groups in total. The Morgan fingerprint density at radius 3 is 2.60 bits per heavy atom. The Kier molecular flexibility index (Phi) is 6.23. The highest BCUT2D eigenvalue weighted by atomic mass is 35.5. The van der Waals surface area contributed by atoms with Crippen molar-refractivity contribution in [1.82, 2.24) is 4.31 Å². The summed E-state index contributed by atoms with van der Waals surface area (Å²) in [5.74, 6) is -0.994. The fraction of sp³-hybridized carbons (Fsp3) is 0.474. The molecule has 0 saturated carbocycles. The lowest BCUT2D eigenvalue weighted by Gasteiger charge is -2.22. The summed E-state index contributed by atoms with van der Waals surface area (Å²) in [6.07, 6.45) is 5.75. The van der Waals surface area contributed by atoms with Crippen LogP contribution in [0.3, 0.4) is 0 Å². The van der Waals surface area contributed by atoms with Gasteiger partial charge in [-0.05, 0) is 56.2 Å². The molecule has 2 aromatic heterocycles. The van der Waals surface area contributed by atoms with E-state index in [0.29, 0.717) is 27.7 Å². The van der Waals surface area contributed by atoms with Gasteiger partial charge in [0.1, 0.15) is 15.3 Å². The number of nitrogens with zero attached hydrogens (tertiary/aromatic N) is 1. The molecule has 1 aliphatic heterocycles. The minimum atomic E-state index is -3.82. The number of carbonyl (C=O) groups excluding carboxylic acids is 2. The lowest BCUT2D eigenvalue weighted by Crippen LogP contribution is -2.43. The average molecular weight is 488 g/mol. The van der Waals surface area contributed by atoms with Crippen LogP contribution in [0.15, 0.2) is 16.3 Å². The summed E-state index contributed by atoms with van der Waals surface area (Å²) in [4.78, 5) is 26.3. The molecule has 1 fully saturated rings. The lowest BCUT2D eigenvalue weighted by atomic mass is 10.1. The van der Waals surface area contributed by atoms with Gasteiger partial charge in [0.05, 0.1) is 9.90 Å². The maximum Gasteiger partial charge on any atom is 0.253 e. The van der Waals surface area contributed by atoms with Crippen molar-refractivity contribution >= 4 is 61.1 Å². The third-order valence-corrected chi connectivity index (χ3v) is 10.3. The van der Waals surface area contributed by atoms with E-state index in [4.69, 9.17) is 17.3 Å². The molecule has 7 nitrogen and oxygen atoms in total. The van der Waals surface area contributed by atoms with Crippen molar-refractivity contribution in [3.05, 3.63) is 32.5 Å². The standard InChI is InChI=1S/C19H22ClN3O4S3/c20-14-8-9-15(29-14)30(26,27)23-10-4-6-12(23)18(25)22-19-16(17(21)24)11-5-2-1-3-7-13(11)28-19/h8-9,12H,1-7,10H2,(H2,21,24)(H,22,25). The molecule has 2 amide bonds. The van der Waals surface area contributed by atoms with Gasteiger partial charge in [-0.15, -0.1) is 22.7 Å². The van der Waals surface area contributed by atoms with Gasteiger partial charge in [0.2, 0.25) is 5.91 Å². The molecule has 2 aromatic rings. The number of fused-ring (bicyclic) bond motifs is 1. The minimum absolute atomic E-state index is 0.118. The summed E-state index contributed by atoms with van der Waals surface area (Å²) in [5.41, 5.74) is 6.95.